The number of rotatable bonds is 15. The van der Waals surface area contributed by atoms with E-state index in [2.05, 4.69) is 123 Å². The van der Waals surface area contributed by atoms with Gasteiger partial charge in [-0.3, -0.25) is 4.99 Å². The summed E-state index contributed by atoms with van der Waals surface area (Å²) < 4.78 is 0. The lowest BCUT2D eigenvalue weighted by Crippen LogP contribution is -2.21. The highest BCUT2D eigenvalue weighted by atomic mass is 14.9. The van der Waals surface area contributed by atoms with Gasteiger partial charge in [0, 0.05) is 23.9 Å². The zero-order valence-corrected chi connectivity index (χ0v) is 24.7. The Kier molecular flexibility index (Phi) is 17.7. The van der Waals surface area contributed by atoms with Gasteiger partial charge in [0.2, 0.25) is 0 Å². The van der Waals surface area contributed by atoms with Crippen molar-refractivity contribution in [2.45, 2.75) is 73.3 Å². The Bertz CT molecular complexity index is 1050. The highest BCUT2D eigenvalue weighted by molar-refractivity contribution is 6.03. The molecule has 0 spiro atoms. The normalized spacial score (nSPS) is 13.7. The van der Waals surface area contributed by atoms with E-state index in [0.717, 1.165) is 43.6 Å². The van der Waals surface area contributed by atoms with E-state index in [1.807, 2.05) is 33.8 Å². The number of nitrogens with zero attached hydrogens (tertiary/aromatic N) is 1. The molecule has 2 nitrogen and oxygen atoms in total. The Morgan fingerprint density at radius 1 is 0.895 bits per heavy atom. The summed E-state index contributed by atoms with van der Waals surface area (Å²) >= 11 is 0. The van der Waals surface area contributed by atoms with Crippen LogP contribution in [0.5, 0.6) is 0 Å². The lowest BCUT2D eigenvalue weighted by Gasteiger charge is -2.20. The fourth-order valence-corrected chi connectivity index (χ4v) is 4.07. The third-order valence-electron chi connectivity index (χ3n) is 5.91. The SMILES string of the molecule is C=C(C)CCCCC(/C=C/C=C\C=C/C)C(=NC(C)CNc1ccccc1/C=C/C)c1ccccc1.CC. The number of aliphatic imine (C=N–C) groups is 1. The van der Waals surface area contributed by atoms with Gasteiger partial charge in [-0.15, -0.1) is 6.58 Å². The van der Waals surface area contributed by atoms with Gasteiger partial charge < -0.3 is 5.32 Å². The van der Waals surface area contributed by atoms with Crippen LogP contribution in [0.25, 0.3) is 6.08 Å². The summed E-state index contributed by atoms with van der Waals surface area (Å²) in [7, 11) is 0. The standard InChI is InChI=1S/C34H44N2.C2H6/c1-6-8-9-10-12-22-32(25-16-15-20-28(3)4)34(31-23-13-11-14-24-31)36-29(5)27-35-33-26-18-17-21-30(33)19-7-2;1-2/h6-14,17-19,21-24,26,29,32,35H,3,15-16,20,25,27H2,1-2,4-5H3;1-2H3/b8-6-,10-9-,19-7+,22-12+,36-34?;. The predicted molar refractivity (Wildman–Crippen MR) is 173 cm³/mol. The minimum absolute atomic E-state index is 0.128. The first-order valence-corrected chi connectivity index (χ1v) is 14.2. The maximum absolute atomic E-state index is 5.30. The van der Waals surface area contributed by atoms with E-state index >= 15 is 0 Å². The monoisotopic (exact) mass is 510 g/mol. The van der Waals surface area contributed by atoms with Crippen molar-refractivity contribution in [2.24, 2.45) is 10.9 Å². The van der Waals surface area contributed by atoms with E-state index in [1.165, 1.54) is 16.7 Å². The molecule has 2 aromatic rings. The highest BCUT2D eigenvalue weighted by Crippen LogP contribution is 2.22. The second kappa shape index (κ2) is 20.6. The minimum atomic E-state index is 0.128. The molecule has 0 saturated carbocycles. The third kappa shape index (κ3) is 13.2. The number of para-hydroxylation sites is 1. The summed E-state index contributed by atoms with van der Waals surface area (Å²) in [4.78, 5) is 5.30. The molecule has 0 aliphatic carbocycles. The van der Waals surface area contributed by atoms with Crippen LogP contribution in [-0.2, 0) is 0 Å². The number of hydrogen-bond donors (Lipinski definition) is 1. The van der Waals surface area contributed by atoms with E-state index in [0.29, 0.717) is 0 Å². The lowest BCUT2D eigenvalue weighted by molar-refractivity contribution is 0.631. The molecule has 0 saturated heterocycles. The van der Waals surface area contributed by atoms with Crippen LogP contribution in [0.2, 0.25) is 0 Å². The van der Waals surface area contributed by atoms with Gasteiger partial charge in [-0.05, 0) is 64.2 Å². The molecule has 2 atom stereocenters. The van der Waals surface area contributed by atoms with Crippen molar-refractivity contribution in [1.29, 1.82) is 0 Å². The molecule has 2 rings (SSSR count). The van der Waals surface area contributed by atoms with Gasteiger partial charge >= 0.3 is 0 Å². The summed E-state index contributed by atoms with van der Waals surface area (Å²) in [5.74, 6) is 0.255. The van der Waals surface area contributed by atoms with E-state index < -0.39 is 0 Å². The topological polar surface area (TPSA) is 24.4 Å². The van der Waals surface area contributed by atoms with E-state index in [9.17, 15) is 0 Å². The molecule has 0 bridgehead atoms. The van der Waals surface area contributed by atoms with E-state index in [-0.39, 0.29) is 12.0 Å². The number of nitrogens with one attached hydrogen (secondary N) is 1. The molecular weight excluding hydrogens is 460 g/mol. The van der Waals surface area contributed by atoms with Gasteiger partial charge in [-0.2, -0.15) is 0 Å². The Hall–Kier alpha value is -3.39. The summed E-state index contributed by atoms with van der Waals surface area (Å²) in [6.45, 7) is 17.2. The number of anilines is 1. The zero-order valence-electron chi connectivity index (χ0n) is 24.7. The molecule has 0 aliphatic rings. The van der Waals surface area contributed by atoms with Crippen LogP contribution in [0.15, 0.2) is 114 Å². The number of hydrogen-bond acceptors (Lipinski definition) is 2. The summed E-state index contributed by atoms with van der Waals surface area (Å²) in [5, 5.41) is 3.62. The maximum atomic E-state index is 5.30. The molecule has 1 N–H and O–H groups in total. The molecule has 0 aliphatic heterocycles. The van der Waals surface area contributed by atoms with Crippen molar-refractivity contribution in [3.05, 3.63) is 120 Å². The van der Waals surface area contributed by atoms with Crippen LogP contribution in [0.3, 0.4) is 0 Å². The second-order valence-electron chi connectivity index (χ2n) is 9.30. The summed E-state index contributed by atoms with van der Waals surface area (Å²) in [5.41, 5.74) is 5.96. The van der Waals surface area contributed by atoms with Gasteiger partial charge in [-0.25, -0.2) is 0 Å². The van der Waals surface area contributed by atoms with Gasteiger partial charge in [0.05, 0.1) is 6.04 Å². The number of allylic oxidation sites excluding steroid dienone is 8. The van der Waals surface area contributed by atoms with Gasteiger partial charge in [0.25, 0.3) is 0 Å². The number of unbranched alkanes of at least 4 members (excludes halogenated alkanes) is 1. The molecule has 0 fully saturated rings. The van der Waals surface area contributed by atoms with Crippen molar-refractivity contribution in [3.63, 3.8) is 0 Å². The largest absolute Gasteiger partial charge is 0.382 e. The Morgan fingerprint density at radius 2 is 1.58 bits per heavy atom. The molecule has 204 valence electrons. The molecule has 0 amide bonds. The first-order valence-electron chi connectivity index (χ1n) is 14.2. The Labute approximate surface area is 233 Å². The lowest BCUT2D eigenvalue weighted by atomic mass is 9.90. The molecule has 0 heterocycles. The second-order valence-corrected chi connectivity index (χ2v) is 9.30. The number of benzene rings is 2. The average molecular weight is 511 g/mol. The van der Waals surface area contributed by atoms with Crippen molar-refractivity contribution < 1.29 is 0 Å². The van der Waals surface area contributed by atoms with Gasteiger partial charge in [0.15, 0.2) is 0 Å². The molecule has 38 heavy (non-hydrogen) atoms. The van der Waals surface area contributed by atoms with Crippen LogP contribution in [0, 0.1) is 5.92 Å². The highest BCUT2D eigenvalue weighted by Gasteiger charge is 2.16. The first kappa shape index (κ1) is 32.6. The van der Waals surface area contributed by atoms with E-state index in [1.54, 1.807) is 0 Å². The summed E-state index contributed by atoms with van der Waals surface area (Å²) in [6.07, 6.45) is 21.4. The van der Waals surface area contributed by atoms with E-state index in [4.69, 9.17) is 4.99 Å². The van der Waals surface area contributed by atoms with Crippen LogP contribution < -0.4 is 5.32 Å². The van der Waals surface area contributed by atoms with Crippen LogP contribution in [0.4, 0.5) is 5.69 Å². The van der Waals surface area contributed by atoms with Crippen LogP contribution in [0.1, 0.15) is 78.4 Å². The average Bonchev–Trinajstić information content (AvgIpc) is 2.94. The Balaban J connectivity index is 0.00000352. The Morgan fingerprint density at radius 3 is 2.26 bits per heavy atom. The summed E-state index contributed by atoms with van der Waals surface area (Å²) in [6, 6.07) is 19.2. The van der Waals surface area contributed by atoms with Crippen molar-refractivity contribution in [2.75, 3.05) is 11.9 Å². The molecular formula is C36H50N2. The molecule has 2 unspecified atom stereocenters. The maximum Gasteiger partial charge on any atom is 0.0647 e. The quantitative estimate of drug-likeness (QED) is 0.110. The molecule has 2 aromatic carbocycles. The van der Waals surface area contributed by atoms with Crippen LogP contribution in [-0.4, -0.2) is 18.3 Å². The first-order chi connectivity index (χ1) is 18.5. The molecule has 0 radical (unpaired) electrons. The van der Waals surface area contributed by atoms with Crippen LogP contribution >= 0.6 is 0 Å². The minimum Gasteiger partial charge on any atom is -0.382 e. The van der Waals surface area contributed by atoms with Gasteiger partial charge in [0.1, 0.15) is 0 Å². The van der Waals surface area contributed by atoms with Gasteiger partial charge in [-0.1, -0.05) is 123 Å². The smallest absolute Gasteiger partial charge is 0.0647 e. The fraction of sp³-hybridized carbons (Fsp3) is 0.361. The van der Waals surface area contributed by atoms with Crippen molar-refractivity contribution in [3.8, 4) is 0 Å². The van der Waals surface area contributed by atoms with Crippen molar-refractivity contribution in [1.82, 2.24) is 0 Å². The third-order valence-corrected chi connectivity index (χ3v) is 5.91. The zero-order chi connectivity index (χ0) is 28.0. The molecule has 2 heteroatoms. The fourth-order valence-electron chi connectivity index (χ4n) is 4.07. The van der Waals surface area contributed by atoms with Crippen molar-refractivity contribution >= 4 is 17.5 Å². The predicted octanol–water partition coefficient (Wildman–Crippen LogP) is 10.5. The molecule has 0 aromatic heterocycles.